The summed E-state index contributed by atoms with van der Waals surface area (Å²) in [4.78, 5) is 2.46. The quantitative estimate of drug-likeness (QED) is 0.0454. The molecule has 1 unspecified atom stereocenters. The number of hydrogen-bond donors (Lipinski definition) is 4. The van der Waals surface area contributed by atoms with Gasteiger partial charge in [0, 0.05) is 6.42 Å². The first-order valence-electron chi connectivity index (χ1n) is 35.5. The van der Waals surface area contributed by atoms with Crippen LogP contribution in [0.5, 0.6) is 0 Å². The van der Waals surface area contributed by atoms with Crippen LogP contribution in [0.2, 0.25) is 0 Å². The molecule has 0 radical (unpaired) electrons. The molecule has 0 amide bonds. The average molecular weight is 1080 g/mol. The number of nitrogens with zero attached hydrogens (tertiary/aromatic N) is 1. The Kier molecular flexibility index (Phi) is 53.7. The average Bonchev–Trinajstić information content (AvgIpc) is 3.42. The maximum atomic E-state index is 13.3. The van der Waals surface area contributed by atoms with Gasteiger partial charge in [0.1, 0.15) is 23.9 Å². The molecule has 1 heterocycles. The van der Waals surface area contributed by atoms with Crippen LogP contribution in [0.25, 0.3) is 0 Å². The lowest BCUT2D eigenvalue weighted by atomic mass is 9.70. The predicted octanol–water partition coefficient (Wildman–Crippen LogP) is 21.5. The van der Waals surface area contributed by atoms with Crippen LogP contribution in [0.3, 0.4) is 0 Å². The van der Waals surface area contributed by atoms with Crippen LogP contribution in [0.1, 0.15) is 400 Å². The fourth-order valence-corrected chi connectivity index (χ4v) is 13.1. The molecule has 0 bridgehead atoms. The van der Waals surface area contributed by atoms with Crippen LogP contribution in [0, 0.1) is 0 Å². The summed E-state index contributed by atoms with van der Waals surface area (Å²) in [5.74, 6) is -1.65. The minimum Gasteiger partial charge on any atom is -0.394 e. The Morgan fingerprint density at radius 2 is 0.513 bits per heavy atom. The van der Waals surface area contributed by atoms with Crippen molar-refractivity contribution in [2.45, 2.75) is 430 Å². The van der Waals surface area contributed by atoms with E-state index in [-0.39, 0.29) is 0 Å². The van der Waals surface area contributed by atoms with Gasteiger partial charge in [-0.05, 0) is 38.8 Å². The van der Waals surface area contributed by atoms with E-state index in [1.807, 2.05) is 0 Å². The third-order valence-corrected chi connectivity index (χ3v) is 18.3. The molecule has 0 aromatic carbocycles. The number of unbranched alkanes of at least 4 members (excludes halogenated alkanes) is 52. The normalized spacial score (nSPS) is 19.9. The third kappa shape index (κ3) is 37.7. The maximum absolute atomic E-state index is 13.3. The molecule has 6 nitrogen and oxygen atoms in total. The summed E-state index contributed by atoms with van der Waals surface area (Å²) in [6.45, 7) is 10.4. The van der Waals surface area contributed by atoms with Crippen molar-refractivity contribution in [1.82, 2.24) is 4.90 Å². The third-order valence-electron chi connectivity index (χ3n) is 18.3. The van der Waals surface area contributed by atoms with Gasteiger partial charge in [0.15, 0.2) is 5.79 Å². The van der Waals surface area contributed by atoms with E-state index in [9.17, 15) is 20.4 Å². The van der Waals surface area contributed by atoms with Crippen molar-refractivity contribution in [3.8, 4) is 0 Å². The van der Waals surface area contributed by atoms with Crippen LogP contribution in [0.15, 0.2) is 0 Å². The zero-order valence-electron chi connectivity index (χ0n) is 52.5. The number of ether oxygens (including phenoxy) is 1. The first-order chi connectivity index (χ1) is 37.4. The summed E-state index contributed by atoms with van der Waals surface area (Å²) in [5.41, 5.74) is -1.13. The second-order valence-electron chi connectivity index (χ2n) is 25.4. The smallest absolute Gasteiger partial charge is 0.187 e. The maximum Gasteiger partial charge on any atom is 0.187 e. The lowest BCUT2D eigenvalue weighted by Crippen LogP contribution is -2.78. The van der Waals surface area contributed by atoms with Gasteiger partial charge in [0.25, 0.3) is 0 Å². The molecule has 456 valence electrons. The van der Waals surface area contributed by atoms with Gasteiger partial charge in [-0.1, -0.05) is 368 Å². The Balaban J connectivity index is 3.09. The largest absolute Gasteiger partial charge is 0.394 e. The van der Waals surface area contributed by atoms with Crippen molar-refractivity contribution in [1.29, 1.82) is 0 Å². The molecule has 0 aromatic heterocycles. The molecule has 0 aliphatic carbocycles. The van der Waals surface area contributed by atoms with Crippen molar-refractivity contribution in [2.24, 2.45) is 0 Å². The van der Waals surface area contributed by atoms with E-state index in [0.29, 0.717) is 12.8 Å². The molecule has 1 aliphatic rings. The highest BCUT2D eigenvalue weighted by atomic mass is 16.7. The van der Waals surface area contributed by atoms with Gasteiger partial charge in [-0.3, -0.25) is 4.90 Å². The molecular formula is C70H141NO5. The summed E-state index contributed by atoms with van der Waals surface area (Å²) in [7, 11) is 0. The van der Waals surface area contributed by atoms with Crippen LogP contribution >= 0.6 is 0 Å². The standard InChI is InChI=1S/C70H141NO5/c1-5-9-13-17-21-25-29-33-37-41-45-49-53-57-61-69(68(74)67(73)66(65-72)76-70(69,75)62-58-54-50-46-42-38-34-30-26-22-18-14-10-6-2)71(63-59-55-51-47-43-39-35-31-27-23-19-15-11-7-3)64-60-56-52-48-44-40-36-32-28-24-20-16-12-8-4/h66-68,72-75H,5-65H2,1-4H3/t66-,67-,68+,69-,70?/m1/s1. The van der Waals surface area contributed by atoms with E-state index < -0.39 is 36.2 Å². The number of hydrogen-bond acceptors (Lipinski definition) is 6. The molecule has 1 rings (SSSR count). The Bertz CT molecular complexity index is 1110. The first kappa shape index (κ1) is 73.8. The monoisotopic (exact) mass is 1080 g/mol. The highest BCUT2D eigenvalue weighted by molar-refractivity contribution is 5.13. The molecule has 6 heteroatoms. The fraction of sp³-hybridized carbons (Fsp3) is 1.00. The first-order valence-corrected chi connectivity index (χ1v) is 35.5. The van der Waals surface area contributed by atoms with E-state index in [1.54, 1.807) is 0 Å². The lowest BCUT2D eigenvalue weighted by Gasteiger charge is -2.61. The van der Waals surface area contributed by atoms with Crippen LogP contribution < -0.4 is 0 Å². The Morgan fingerprint density at radius 3 is 0.750 bits per heavy atom. The minimum absolute atomic E-state index is 0.411. The second-order valence-corrected chi connectivity index (χ2v) is 25.4. The number of rotatable bonds is 62. The zero-order valence-corrected chi connectivity index (χ0v) is 52.5. The molecule has 1 aliphatic heterocycles. The van der Waals surface area contributed by atoms with Gasteiger partial charge < -0.3 is 25.2 Å². The van der Waals surface area contributed by atoms with Crippen LogP contribution in [0.4, 0.5) is 0 Å². The number of aliphatic hydroxyl groups is 4. The topological polar surface area (TPSA) is 93.4 Å². The molecule has 1 fully saturated rings. The molecule has 0 saturated carbocycles. The van der Waals surface area contributed by atoms with Crippen LogP contribution in [-0.2, 0) is 4.74 Å². The predicted molar refractivity (Wildman–Crippen MR) is 334 cm³/mol. The highest BCUT2D eigenvalue weighted by Gasteiger charge is 2.65. The Hall–Kier alpha value is -0.240. The van der Waals surface area contributed by atoms with Crippen molar-refractivity contribution >= 4 is 0 Å². The van der Waals surface area contributed by atoms with Crippen molar-refractivity contribution < 1.29 is 25.2 Å². The van der Waals surface area contributed by atoms with E-state index in [0.717, 1.165) is 70.9 Å². The van der Waals surface area contributed by atoms with E-state index in [4.69, 9.17) is 4.74 Å². The summed E-state index contributed by atoms with van der Waals surface area (Å²) in [5, 5.41) is 48.5. The SMILES string of the molecule is CCCCCCCCCCCCCCCCN(CCCCCCCCCCCCCCCC)[C@]1(CCCCCCCCCCCCCCCC)[C@@H](O)[C@H](O)[C@@H](CO)OC1(O)CCCCCCCCCCCCCCCC. The number of aliphatic hydroxyl groups excluding tert-OH is 3. The molecule has 0 aromatic rings. The van der Waals surface area contributed by atoms with Gasteiger partial charge in [0.2, 0.25) is 0 Å². The zero-order chi connectivity index (χ0) is 55.2. The Labute approximate surface area is 477 Å². The molecule has 0 spiro atoms. The molecule has 5 atom stereocenters. The Morgan fingerprint density at radius 1 is 0.303 bits per heavy atom. The van der Waals surface area contributed by atoms with Gasteiger partial charge in [-0.15, -0.1) is 0 Å². The summed E-state index contributed by atoms with van der Waals surface area (Å²) in [6.07, 6.45) is 70.3. The van der Waals surface area contributed by atoms with Crippen molar-refractivity contribution in [2.75, 3.05) is 19.7 Å². The molecule has 4 N–H and O–H groups in total. The van der Waals surface area contributed by atoms with Gasteiger partial charge >= 0.3 is 0 Å². The van der Waals surface area contributed by atoms with Crippen LogP contribution in [-0.4, -0.2) is 74.7 Å². The van der Waals surface area contributed by atoms with E-state index in [1.165, 1.54) is 302 Å². The summed E-state index contributed by atoms with van der Waals surface area (Å²) >= 11 is 0. The highest BCUT2D eigenvalue weighted by Crippen LogP contribution is 2.47. The minimum atomic E-state index is -1.65. The summed E-state index contributed by atoms with van der Waals surface area (Å²) in [6, 6.07) is 0. The van der Waals surface area contributed by atoms with Crippen molar-refractivity contribution in [3.05, 3.63) is 0 Å². The van der Waals surface area contributed by atoms with Gasteiger partial charge in [-0.25, -0.2) is 0 Å². The van der Waals surface area contributed by atoms with E-state index in [2.05, 4.69) is 32.6 Å². The van der Waals surface area contributed by atoms with Gasteiger partial charge in [-0.2, -0.15) is 0 Å². The second kappa shape index (κ2) is 55.3. The van der Waals surface area contributed by atoms with E-state index >= 15 is 0 Å². The molecule has 1 saturated heterocycles. The summed E-state index contributed by atoms with van der Waals surface area (Å²) < 4.78 is 6.69. The van der Waals surface area contributed by atoms with Crippen molar-refractivity contribution in [3.63, 3.8) is 0 Å². The lowest BCUT2D eigenvalue weighted by molar-refractivity contribution is -0.375. The fourth-order valence-electron chi connectivity index (χ4n) is 13.1. The van der Waals surface area contributed by atoms with Gasteiger partial charge in [0.05, 0.1) is 6.61 Å². The molecule has 76 heavy (non-hydrogen) atoms. The molecular weight excluding hydrogens is 935 g/mol.